The van der Waals surface area contributed by atoms with Crippen molar-refractivity contribution >= 4 is 18.0 Å². The number of carbonyl (C=O) groups is 3. The fourth-order valence-electron chi connectivity index (χ4n) is 2.38. The van der Waals surface area contributed by atoms with Crippen LogP contribution in [0, 0.1) is 12.3 Å². The molecular weight excluding hydrogens is 376 g/mol. The molecule has 8 nitrogen and oxygen atoms in total. The van der Waals surface area contributed by atoms with E-state index in [2.05, 4.69) is 16.0 Å². The van der Waals surface area contributed by atoms with Crippen molar-refractivity contribution in [3.8, 4) is 12.3 Å². The molecule has 0 bridgehead atoms. The summed E-state index contributed by atoms with van der Waals surface area (Å²) in [6.07, 6.45) is 4.32. The molecule has 3 N–H and O–H groups in total. The Morgan fingerprint density at radius 1 is 1.21 bits per heavy atom. The second-order valence-electron chi connectivity index (χ2n) is 7.34. The number of alkyl carbamates (subject to hydrolysis) is 1. The first kappa shape index (κ1) is 24.0. The molecule has 0 spiro atoms. The highest BCUT2D eigenvalue weighted by Crippen LogP contribution is 2.13. The Hall–Kier alpha value is -3.05. The predicted octanol–water partition coefficient (Wildman–Crippen LogP) is 2.15. The lowest BCUT2D eigenvalue weighted by molar-refractivity contribution is -0.118. The highest BCUT2D eigenvalue weighted by atomic mass is 16.6. The maximum Gasteiger partial charge on any atom is 0.407 e. The van der Waals surface area contributed by atoms with E-state index in [1.807, 2.05) is 0 Å². The maximum atomic E-state index is 12.1. The van der Waals surface area contributed by atoms with Crippen molar-refractivity contribution in [2.24, 2.45) is 5.73 Å². The summed E-state index contributed by atoms with van der Waals surface area (Å²) in [5.74, 6) is 1.53. The summed E-state index contributed by atoms with van der Waals surface area (Å²) in [5, 5.41) is 2.65. The zero-order valence-electron chi connectivity index (χ0n) is 17.2. The maximum absolute atomic E-state index is 12.1. The topological polar surface area (TPSA) is 117 Å². The Morgan fingerprint density at radius 2 is 1.83 bits per heavy atom. The number of hydrogen-bond donors (Lipinski definition) is 2. The standard InChI is InChI=1S/C21H28N2O6/c1-6-17(28-13-14-7-9-15(10-8-14)19(25)27-5)16(11-12-18(22)24)23-20(26)29-21(2,3)4/h1,7-10,16-17H,11-13H2,2-5H3,(H2,22,24)(H,23,26)/t16-,17+/m0/s1. The number of benzene rings is 1. The Kier molecular flexibility index (Phi) is 9.16. The number of ether oxygens (including phenoxy) is 3. The third-order valence-corrected chi connectivity index (χ3v) is 3.74. The minimum atomic E-state index is -0.817. The van der Waals surface area contributed by atoms with Gasteiger partial charge in [0.2, 0.25) is 5.91 Å². The van der Waals surface area contributed by atoms with Crippen LogP contribution >= 0.6 is 0 Å². The number of methoxy groups -OCH3 is 1. The summed E-state index contributed by atoms with van der Waals surface area (Å²) in [5.41, 5.74) is 5.71. The van der Waals surface area contributed by atoms with Crippen LogP contribution in [0.25, 0.3) is 0 Å². The van der Waals surface area contributed by atoms with Crippen LogP contribution in [0.4, 0.5) is 4.79 Å². The van der Waals surface area contributed by atoms with E-state index in [0.29, 0.717) is 5.56 Å². The lowest BCUT2D eigenvalue weighted by Crippen LogP contribution is -2.46. The number of esters is 1. The lowest BCUT2D eigenvalue weighted by atomic mass is 10.1. The van der Waals surface area contributed by atoms with Gasteiger partial charge in [0.25, 0.3) is 0 Å². The summed E-state index contributed by atoms with van der Waals surface area (Å²) in [6, 6.07) is 5.97. The van der Waals surface area contributed by atoms with Gasteiger partial charge < -0.3 is 25.3 Å². The molecule has 0 radical (unpaired) electrons. The van der Waals surface area contributed by atoms with Gasteiger partial charge in [0, 0.05) is 6.42 Å². The number of carbonyl (C=O) groups excluding carboxylic acids is 3. The molecule has 1 aromatic carbocycles. The molecule has 8 heteroatoms. The van der Waals surface area contributed by atoms with Gasteiger partial charge in [0.1, 0.15) is 11.7 Å². The van der Waals surface area contributed by atoms with Crippen LogP contribution in [-0.4, -0.2) is 42.8 Å². The van der Waals surface area contributed by atoms with Crippen molar-refractivity contribution in [2.75, 3.05) is 7.11 Å². The number of hydrogen-bond acceptors (Lipinski definition) is 6. The molecule has 0 saturated carbocycles. The van der Waals surface area contributed by atoms with E-state index in [1.54, 1.807) is 45.0 Å². The molecule has 2 atom stereocenters. The summed E-state index contributed by atoms with van der Waals surface area (Å²) in [4.78, 5) is 34.8. The third kappa shape index (κ3) is 9.12. The van der Waals surface area contributed by atoms with E-state index in [1.165, 1.54) is 7.11 Å². The van der Waals surface area contributed by atoms with Crippen LogP contribution in [0.3, 0.4) is 0 Å². The smallest absolute Gasteiger partial charge is 0.407 e. The third-order valence-electron chi connectivity index (χ3n) is 3.74. The molecule has 2 amide bonds. The second kappa shape index (κ2) is 11.1. The Morgan fingerprint density at radius 3 is 2.31 bits per heavy atom. The van der Waals surface area contributed by atoms with Crippen LogP contribution in [0.1, 0.15) is 49.5 Å². The first-order valence-corrected chi connectivity index (χ1v) is 9.08. The molecule has 0 aromatic heterocycles. The van der Waals surface area contributed by atoms with Crippen LogP contribution in [0.2, 0.25) is 0 Å². The first-order valence-electron chi connectivity index (χ1n) is 9.08. The SMILES string of the molecule is C#C[C@@H](OCc1ccc(C(=O)OC)cc1)[C@H](CCC(N)=O)NC(=O)OC(C)(C)C. The van der Waals surface area contributed by atoms with Crippen LogP contribution in [-0.2, 0) is 25.6 Å². The first-order chi connectivity index (χ1) is 13.6. The Labute approximate surface area is 171 Å². The van der Waals surface area contributed by atoms with Crippen LogP contribution < -0.4 is 11.1 Å². The van der Waals surface area contributed by atoms with Crippen molar-refractivity contribution in [1.82, 2.24) is 5.32 Å². The molecule has 0 saturated heterocycles. The minimum Gasteiger partial charge on any atom is -0.465 e. The molecule has 158 valence electrons. The van der Waals surface area contributed by atoms with E-state index in [0.717, 1.165) is 5.56 Å². The highest BCUT2D eigenvalue weighted by Gasteiger charge is 2.26. The van der Waals surface area contributed by atoms with Gasteiger partial charge in [0.05, 0.1) is 25.3 Å². The zero-order valence-corrected chi connectivity index (χ0v) is 17.2. The highest BCUT2D eigenvalue weighted by molar-refractivity contribution is 5.89. The van der Waals surface area contributed by atoms with Crippen LogP contribution in [0.5, 0.6) is 0 Å². The fraction of sp³-hybridized carbons (Fsp3) is 0.476. The van der Waals surface area contributed by atoms with Gasteiger partial charge in [-0.05, 0) is 44.9 Å². The lowest BCUT2D eigenvalue weighted by Gasteiger charge is -2.27. The summed E-state index contributed by atoms with van der Waals surface area (Å²) in [6.45, 7) is 5.34. The zero-order chi connectivity index (χ0) is 22.0. The summed E-state index contributed by atoms with van der Waals surface area (Å²) < 4.78 is 15.7. The largest absolute Gasteiger partial charge is 0.465 e. The number of primary amides is 1. The minimum absolute atomic E-state index is 0.0236. The van der Waals surface area contributed by atoms with Crippen LogP contribution in [0.15, 0.2) is 24.3 Å². The average molecular weight is 404 g/mol. The predicted molar refractivity (Wildman–Crippen MR) is 107 cm³/mol. The quantitative estimate of drug-likeness (QED) is 0.481. The molecular formula is C21H28N2O6. The monoisotopic (exact) mass is 404 g/mol. The van der Waals surface area contributed by atoms with Crippen molar-refractivity contribution in [2.45, 2.75) is 58.0 Å². The van der Waals surface area contributed by atoms with Crippen molar-refractivity contribution in [3.63, 3.8) is 0 Å². The molecule has 0 unspecified atom stereocenters. The fourth-order valence-corrected chi connectivity index (χ4v) is 2.38. The Balaban J connectivity index is 2.80. The molecule has 0 heterocycles. The molecule has 0 aliphatic rings. The van der Waals surface area contributed by atoms with Gasteiger partial charge in [-0.15, -0.1) is 6.42 Å². The number of nitrogens with two attached hydrogens (primary N) is 1. The summed E-state index contributed by atoms with van der Waals surface area (Å²) in [7, 11) is 1.31. The number of nitrogens with one attached hydrogen (secondary N) is 1. The molecule has 0 fully saturated rings. The van der Waals surface area contributed by atoms with Crippen molar-refractivity contribution in [1.29, 1.82) is 0 Å². The van der Waals surface area contributed by atoms with Gasteiger partial charge in [-0.25, -0.2) is 9.59 Å². The van der Waals surface area contributed by atoms with E-state index in [9.17, 15) is 14.4 Å². The van der Waals surface area contributed by atoms with Gasteiger partial charge >= 0.3 is 12.1 Å². The molecule has 1 rings (SSSR count). The number of amides is 2. The molecule has 0 aliphatic carbocycles. The molecule has 29 heavy (non-hydrogen) atoms. The van der Waals surface area contributed by atoms with Gasteiger partial charge in [-0.3, -0.25) is 4.79 Å². The van der Waals surface area contributed by atoms with Gasteiger partial charge in [-0.2, -0.15) is 0 Å². The van der Waals surface area contributed by atoms with Crippen molar-refractivity contribution < 1.29 is 28.6 Å². The van der Waals surface area contributed by atoms with Gasteiger partial charge in [0.15, 0.2) is 0 Å². The summed E-state index contributed by atoms with van der Waals surface area (Å²) >= 11 is 0. The van der Waals surface area contributed by atoms with E-state index in [4.69, 9.17) is 21.6 Å². The normalized spacial score (nSPS) is 12.9. The van der Waals surface area contributed by atoms with E-state index < -0.39 is 35.7 Å². The van der Waals surface area contributed by atoms with E-state index >= 15 is 0 Å². The van der Waals surface area contributed by atoms with Gasteiger partial charge in [-0.1, -0.05) is 18.1 Å². The number of rotatable bonds is 9. The molecule has 1 aromatic rings. The average Bonchev–Trinajstić information content (AvgIpc) is 2.64. The Bertz CT molecular complexity index is 746. The molecule has 0 aliphatic heterocycles. The number of terminal acetylenes is 1. The van der Waals surface area contributed by atoms with Crippen molar-refractivity contribution in [3.05, 3.63) is 35.4 Å². The van der Waals surface area contributed by atoms with E-state index in [-0.39, 0.29) is 19.4 Å². The second-order valence-corrected chi connectivity index (χ2v) is 7.34.